The lowest BCUT2D eigenvalue weighted by Crippen LogP contribution is -2.33. The molecule has 142 valence electrons. The van der Waals surface area contributed by atoms with Crippen LogP contribution in [0.1, 0.15) is 18.5 Å². The summed E-state index contributed by atoms with van der Waals surface area (Å²) < 4.78 is 1.78. The van der Waals surface area contributed by atoms with Crippen LogP contribution in [0.2, 0.25) is 5.02 Å². The Morgan fingerprint density at radius 2 is 1.93 bits per heavy atom. The molecule has 2 N–H and O–H groups in total. The average molecular weight is 395 g/mol. The first-order chi connectivity index (χ1) is 13.6. The van der Waals surface area contributed by atoms with Crippen LogP contribution in [0.25, 0.3) is 21.8 Å². The number of fused-ring (bicyclic) bond motifs is 3. The first-order valence-electron chi connectivity index (χ1n) is 9.04. The molecular formula is C21H19ClN4O2. The SMILES string of the molecule is C[C@H](C(=O)NCCc1ccc(Cl)cc1)n1c2ccccc2c2cn[nH]c(=O)c21. The zero-order chi connectivity index (χ0) is 19.7. The quantitative estimate of drug-likeness (QED) is 0.544. The summed E-state index contributed by atoms with van der Waals surface area (Å²) in [4.78, 5) is 25.2. The van der Waals surface area contributed by atoms with Gasteiger partial charge in [-0.05, 0) is 37.1 Å². The van der Waals surface area contributed by atoms with Gasteiger partial charge in [0.15, 0.2) is 0 Å². The van der Waals surface area contributed by atoms with Crippen molar-refractivity contribution in [2.45, 2.75) is 19.4 Å². The van der Waals surface area contributed by atoms with E-state index in [-0.39, 0.29) is 11.5 Å². The Kier molecular flexibility index (Phi) is 4.88. The molecular weight excluding hydrogens is 376 g/mol. The molecule has 0 saturated carbocycles. The number of para-hydroxylation sites is 1. The van der Waals surface area contributed by atoms with Crippen molar-refractivity contribution in [2.24, 2.45) is 0 Å². The average Bonchev–Trinajstić information content (AvgIpc) is 3.05. The molecule has 0 aliphatic carbocycles. The summed E-state index contributed by atoms with van der Waals surface area (Å²) in [5.41, 5.74) is 2.07. The Morgan fingerprint density at radius 1 is 1.18 bits per heavy atom. The number of amides is 1. The number of H-pyrrole nitrogens is 1. The summed E-state index contributed by atoms with van der Waals surface area (Å²) >= 11 is 5.90. The van der Waals surface area contributed by atoms with Gasteiger partial charge in [-0.25, -0.2) is 5.10 Å². The van der Waals surface area contributed by atoms with Crippen LogP contribution in [0.4, 0.5) is 0 Å². The van der Waals surface area contributed by atoms with E-state index in [0.717, 1.165) is 21.9 Å². The molecule has 0 aliphatic heterocycles. The number of carbonyl (C=O) groups is 1. The number of aromatic amines is 1. The Morgan fingerprint density at radius 3 is 2.71 bits per heavy atom. The maximum atomic E-state index is 12.8. The lowest BCUT2D eigenvalue weighted by atomic mass is 10.1. The summed E-state index contributed by atoms with van der Waals surface area (Å²) in [6.45, 7) is 2.29. The summed E-state index contributed by atoms with van der Waals surface area (Å²) in [7, 11) is 0. The second kappa shape index (κ2) is 7.48. The minimum Gasteiger partial charge on any atom is -0.354 e. The van der Waals surface area contributed by atoms with Gasteiger partial charge in [-0.15, -0.1) is 0 Å². The van der Waals surface area contributed by atoms with Gasteiger partial charge in [0.2, 0.25) is 5.91 Å². The van der Waals surface area contributed by atoms with Crippen molar-refractivity contribution < 1.29 is 4.79 Å². The van der Waals surface area contributed by atoms with E-state index in [1.807, 2.05) is 48.5 Å². The zero-order valence-electron chi connectivity index (χ0n) is 15.3. The van der Waals surface area contributed by atoms with Crippen LogP contribution in [0, 0.1) is 0 Å². The maximum absolute atomic E-state index is 12.8. The van der Waals surface area contributed by atoms with Gasteiger partial charge < -0.3 is 9.88 Å². The molecule has 28 heavy (non-hydrogen) atoms. The number of nitrogens with zero attached hydrogens (tertiary/aromatic N) is 2. The fourth-order valence-electron chi connectivity index (χ4n) is 3.51. The number of nitrogens with one attached hydrogen (secondary N) is 2. The minimum atomic E-state index is -0.545. The van der Waals surface area contributed by atoms with E-state index in [9.17, 15) is 9.59 Å². The van der Waals surface area contributed by atoms with E-state index in [1.54, 1.807) is 17.7 Å². The molecule has 6 nitrogen and oxygen atoms in total. The largest absolute Gasteiger partial charge is 0.354 e. The molecule has 1 amide bonds. The van der Waals surface area contributed by atoms with E-state index in [2.05, 4.69) is 15.5 Å². The molecule has 7 heteroatoms. The Balaban J connectivity index is 1.60. The minimum absolute atomic E-state index is 0.146. The number of halogens is 1. The second-order valence-electron chi connectivity index (χ2n) is 6.69. The molecule has 2 heterocycles. The predicted molar refractivity (Wildman–Crippen MR) is 111 cm³/mol. The summed E-state index contributed by atoms with van der Waals surface area (Å²) in [5, 5.41) is 11.7. The first kappa shape index (κ1) is 18.3. The number of benzene rings is 2. The van der Waals surface area contributed by atoms with E-state index < -0.39 is 6.04 Å². The molecule has 2 aromatic carbocycles. The fraction of sp³-hybridized carbons (Fsp3) is 0.190. The van der Waals surface area contributed by atoms with Gasteiger partial charge in [0.05, 0.1) is 11.7 Å². The van der Waals surface area contributed by atoms with Gasteiger partial charge in [-0.1, -0.05) is 41.9 Å². The van der Waals surface area contributed by atoms with Crippen LogP contribution in [0.3, 0.4) is 0 Å². The number of rotatable bonds is 5. The molecule has 0 fully saturated rings. The van der Waals surface area contributed by atoms with Crippen molar-refractivity contribution in [3.8, 4) is 0 Å². The van der Waals surface area contributed by atoms with E-state index in [1.165, 1.54) is 0 Å². The van der Waals surface area contributed by atoms with Crippen molar-refractivity contribution in [1.29, 1.82) is 0 Å². The third kappa shape index (κ3) is 3.27. The van der Waals surface area contributed by atoms with Gasteiger partial charge in [0, 0.05) is 22.3 Å². The summed E-state index contributed by atoms with van der Waals surface area (Å²) in [5.74, 6) is -0.146. The molecule has 2 aromatic heterocycles. The molecule has 0 spiro atoms. The number of hydrogen-bond donors (Lipinski definition) is 2. The zero-order valence-corrected chi connectivity index (χ0v) is 16.0. The van der Waals surface area contributed by atoms with Crippen LogP contribution in [0.15, 0.2) is 59.5 Å². The molecule has 4 aromatic rings. The monoisotopic (exact) mass is 394 g/mol. The Labute approximate surface area is 166 Å². The van der Waals surface area contributed by atoms with Gasteiger partial charge in [0.1, 0.15) is 11.6 Å². The molecule has 0 radical (unpaired) electrons. The van der Waals surface area contributed by atoms with Crippen LogP contribution >= 0.6 is 11.6 Å². The van der Waals surface area contributed by atoms with Crippen LogP contribution in [-0.4, -0.2) is 27.2 Å². The molecule has 0 bridgehead atoms. The van der Waals surface area contributed by atoms with Crippen molar-refractivity contribution >= 4 is 39.3 Å². The normalized spacial score (nSPS) is 12.4. The molecule has 1 atom stereocenters. The first-order valence-corrected chi connectivity index (χ1v) is 9.42. The summed E-state index contributed by atoms with van der Waals surface area (Å²) in [6, 6.07) is 14.6. The highest BCUT2D eigenvalue weighted by Crippen LogP contribution is 2.29. The third-order valence-electron chi connectivity index (χ3n) is 4.92. The fourth-order valence-corrected chi connectivity index (χ4v) is 3.63. The Hall–Kier alpha value is -3.12. The lowest BCUT2D eigenvalue weighted by molar-refractivity contribution is -0.123. The number of aromatic nitrogens is 3. The van der Waals surface area contributed by atoms with E-state index >= 15 is 0 Å². The van der Waals surface area contributed by atoms with E-state index in [4.69, 9.17) is 11.6 Å². The van der Waals surface area contributed by atoms with Gasteiger partial charge in [-0.2, -0.15) is 5.10 Å². The highest BCUT2D eigenvalue weighted by molar-refractivity contribution is 6.30. The van der Waals surface area contributed by atoms with Gasteiger partial charge >= 0.3 is 0 Å². The van der Waals surface area contributed by atoms with Crippen molar-refractivity contribution in [3.63, 3.8) is 0 Å². The second-order valence-corrected chi connectivity index (χ2v) is 7.13. The van der Waals surface area contributed by atoms with Gasteiger partial charge in [0.25, 0.3) is 5.56 Å². The van der Waals surface area contributed by atoms with Crippen LogP contribution in [-0.2, 0) is 11.2 Å². The Bertz CT molecular complexity index is 1210. The number of hydrogen-bond acceptors (Lipinski definition) is 3. The summed E-state index contributed by atoms with van der Waals surface area (Å²) in [6.07, 6.45) is 2.33. The van der Waals surface area contributed by atoms with Crippen LogP contribution < -0.4 is 10.9 Å². The topological polar surface area (TPSA) is 79.8 Å². The highest BCUT2D eigenvalue weighted by atomic mass is 35.5. The molecule has 0 aliphatic rings. The van der Waals surface area contributed by atoms with E-state index in [0.29, 0.717) is 23.5 Å². The number of carbonyl (C=O) groups excluding carboxylic acids is 1. The standard InChI is InChI=1S/C21H19ClN4O2/c1-13(20(27)23-11-10-14-6-8-15(22)9-7-14)26-18-5-3-2-4-16(18)17-12-24-25-21(28)19(17)26/h2-9,12-13H,10-11H2,1H3,(H,23,27)(H,25,28)/t13-/m1/s1. The third-order valence-corrected chi connectivity index (χ3v) is 5.17. The van der Waals surface area contributed by atoms with Crippen molar-refractivity contribution in [2.75, 3.05) is 6.54 Å². The molecule has 0 saturated heterocycles. The van der Waals surface area contributed by atoms with Crippen LogP contribution in [0.5, 0.6) is 0 Å². The lowest BCUT2D eigenvalue weighted by Gasteiger charge is -2.16. The van der Waals surface area contributed by atoms with Crippen molar-refractivity contribution in [3.05, 3.63) is 75.7 Å². The van der Waals surface area contributed by atoms with Gasteiger partial charge in [-0.3, -0.25) is 9.59 Å². The smallest absolute Gasteiger partial charge is 0.288 e. The molecule has 0 unspecified atom stereocenters. The predicted octanol–water partition coefficient (Wildman–Crippen LogP) is 3.45. The maximum Gasteiger partial charge on any atom is 0.288 e. The molecule has 4 rings (SSSR count). The highest BCUT2D eigenvalue weighted by Gasteiger charge is 2.22. The van der Waals surface area contributed by atoms with Crippen molar-refractivity contribution in [1.82, 2.24) is 20.1 Å².